The maximum Gasteiger partial charge on any atom is 0.238 e. The number of nitrogens with one attached hydrogen (secondary N) is 1. The summed E-state index contributed by atoms with van der Waals surface area (Å²) in [5.74, 6) is 0.300. The number of aromatic hydroxyl groups is 1. The van der Waals surface area contributed by atoms with Gasteiger partial charge < -0.3 is 24.6 Å². The Morgan fingerprint density at radius 2 is 2.03 bits per heavy atom. The van der Waals surface area contributed by atoms with E-state index < -0.39 is 5.92 Å². The number of halogens is 1. The van der Waals surface area contributed by atoms with Crippen molar-refractivity contribution in [1.29, 1.82) is 0 Å². The molecular formula is C24H27ClN4O5. The molecule has 5 rings (SSSR count). The van der Waals surface area contributed by atoms with Crippen LogP contribution in [0, 0.1) is 0 Å². The van der Waals surface area contributed by atoms with E-state index in [1.54, 1.807) is 19.2 Å². The third kappa shape index (κ3) is 4.59. The first-order chi connectivity index (χ1) is 16.2. The van der Waals surface area contributed by atoms with E-state index >= 15 is 0 Å². The molecule has 1 atom stereocenters. The van der Waals surface area contributed by atoms with Crippen LogP contribution in [0.1, 0.15) is 23.6 Å². The summed E-state index contributed by atoms with van der Waals surface area (Å²) in [6, 6.07) is 8.72. The summed E-state index contributed by atoms with van der Waals surface area (Å²) in [7, 11) is 1.58. The molecule has 1 aromatic heterocycles. The minimum atomic E-state index is -0.650. The zero-order valence-corrected chi connectivity index (χ0v) is 19.6. The minimum Gasteiger partial charge on any atom is -0.506 e. The number of carbonyl (C=O) groups is 1. The van der Waals surface area contributed by atoms with Crippen LogP contribution in [0.25, 0.3) is 10.9 Å². The molecule has 3 aromatic rings. The number of rotatable bonds is 7. The van der Waals surface area contributed by atoms with E-state index in [1.165, 1.54) is 6.33 Å². The molecule has 0 saturated carbocycles. The van der Waals surface area contributed by atoms with Crippen molar-refractivity contribution in [3.05, 3.63) is 47.9 Å². The molecule has 0 radical (unpaired) electrons. The van der Waals surface area contributed by atoms with Gasteiger partial charge in [-0.15, -0.1) is 12.4 Å². The number of nitrogens with zero attached hydrogens (tertiary/aromatic N) is 3. The number of benzene rings is 2. The Labute approximate surface area is 203 Å². The van der Waals surface area contributed by atoms with Crippen LogP contribution in [-0.2, 0) is 9.53 Å². The third-order valence-electron chi connectivity index (χ3n) is 6.10. The number of methoxy groups -OCH3 is 1. The van der Waals surface area contributed by atoms with E-state index in [9.17, 15) is 9.90 Å². The summed E-state index contributed by atoms with van der Waals surface area (Å²) >= 11 is 0. The number of phenols is 1. The van der Waals surface area contributed by atoms with Crippen molar-refractivity contribution in [3.8, 4) is 17.2 Å². The summed E-state index contributed by atoms with van der Waals surface area (Å²) in [5, 5.41) is 13.6. The lowest BCUT2D eigenvalue weighted by Gasteiger charge is -2.26. The first kappa shape index (κ1) is 24.0. The molecule has 34 heavy (non-hydrogen) atoms. The number of carbonyl (C=O) groups excluding carboxylic acids is 1. The smallest absolute Gasteiger partial charge is 0.238 e. The summed E-state index contributed by atoms with van der Waals surface area (Å²) in [6.45, 7) is 4.97. The molecule has 3 heterocycles. The van der Waals surface area contributed by atoms with E-state index in [0.717, 1.165) is 39.3 Å². The van der Waals surface area contributed by atoms with Gasteiger partial charge in [-0.1, -0.05) is 12.1 Å². The molecule has 1 saturated heterocycles. The first-order valence-corrected chi connectivity index (χ1v) is 11.0. The van der Waals surface area contributed by atoms with Crippen LogP contribution in [0.15, 0.2) is 36.7 Å². The Hall–Kier alpha value is -3.14. The average molecular weight is 487 g/mol. The molecule has 10 heteroatoms. The van der Waals surface area contributed by atoms with Crippen molar-refractivity contribution in [2.24, 2.45) is 0 Å². The van der Waals surface area contributed by atoms with Gasteiger partial charge in [0.25, 0.3) is 0 Å². The highest BCUT2D eigenvalue weighted by molar-refractivity contribution is 6.08. The van der Waals surface area contributed by atoms with E-state index in [1.807, 2.05) is 18.2 Å². The van der Waals surface area contributed by atoms with Crippen LogP contribution < -0.4 is 14.8 Å². The van der Waals surface area contributed by atoms with Crippen LogP contribution in [-0.4, -0.2) is 72.4 Å². The summed E-state index contributed by atoms with van der Waals surface area (Å²) in [4.78, 5) is 24.0. The van der Waals surface area contributed by atoms with Gasteiger partial charge in [-0.3, -0.25) is 9.69 Å². The molecule has 1 amide bonds. The van der Waals surface area contributed by atoms with E-state index in [4.69, 9.17) is 14.2 Å². The lowest BCUT2D eigenvalue weighted by atomic mass is 9.94. The first-order valence-electron chi connectivity index (χ1n) is 11.0. The fourth-order valence-corrected chi connectivity index (χ4v) is 4.42. The fraction of sp³-hybridized carbons (Fsp3) is 0.375. The number of para-hydroxylation sites is 1. The maximum atomic E-state index is 12.8. The maximum absolute atomic E-state index is 12.8. The van der Waals surface area contributed by atoms with Crippen LogP contribution in [0.2, 0.25) is 0 Å². The highest BCUT2D eigenvalue weighted by atomic mass is 35.5. The topological polar surface area (TPSA) is 106 Å². The number of anilines is 1. The fourth-order valence-electron chi connectivity index (χ4n) is 4.42. The van der Waals surface area contributed by atoms with Gasteiger partial charge in [0, 0.05) is 31.1 Å². The van der Waals surface area contributed by atoms with Crippen molar-refractivity contribution in [2.75, 3.05) is 51.9 Å². The number of aromatic nitrogens is 2. The number of phenolic OH excluding ortho intramolecular Hbond substituents is 1. The molecule has 1 unspecified atom stereocenters. The normalized spacial score (nSPS) is 17.7. The molecule has 9 nitrogen and oxygen atoms in total. The standard InChI is InChI=1S/C24H26N4O5.ClH/c1-31-19-12-16-17(13-20(19)33-9-3-6-28-7-10-32-11-8-28)25-14-26-23(16)21-15-4-2-5-18(29)22(15)27-24(21)30;/h2,4-5,12-14,21,29H,3,6-11H2,1H3,(H,27,30);1H. The average Bonchev–Trinajstić information content (AvgIpc) is 3.18. The van der Waals surface area contributed by atoms with Crippen molar-refractivity contribution < 1.29 is 24.1 Å². The zero-order valence-electron chi connectivity index (χ0n) is 18.8. The molecule has 180 valence electrons. The molecule has 1 fully saturated rings. The highest BCUT2D eigenvalue weighted by Crippen LogP contribution is 2.43. The lowest BCUT2D eigenvalue weighted by molar-refractivity contribution is -0.116. The van der Waals surface area contributed by atoms with Crippen molar-refractivity contribution in [1.82, 2.24) is 14.9 Å². The SMILES string of the molecule is COc1cc2c(C3C(=O)Nc4c(O)cccc43)ncnc2cc1OCCCN1CCOCC1.Cl. The summed E-state index contributed by atoms with van der Waals surface area (Å²) in [6.07, 6.45) is 2.33. The molecule has 2 aromatic carbocycles. The van der Waals surface area contributed by atoms with Crippen molar-refractivity contribution in [3.63, 3.8) is 0 Å². The molecule has 0 aliphatic carbocycles. The Morgan fingerprint density at radius 3 is 2.82 bits per heavy atom. The molecular weight excluding hydrogens is 460 g/mol. The van der Waals surface area contributed by atoms with Crippen LogP contribution >= 0.6 is 12.4 Å². The third-order valence-corrected chi connectivity index (χ3v) is 6.10. The minimum absolute atomic E-state index is 0. The number of amides is 1. The van der Waals surface area contributed by atoms with Gasteiger partial charge in [-0.2, -0.15) is 0 Å². The second kappa shape index (κ2) is 10.4. The predicted octanol–water partition coefficient (Wildman–Crippen LogP) is 2.95. The predicted molar refractivity (Wildman–Crippen MR) is 129 cm³/mol. The number of fused-ring (bicyclic) bond motifs is 2. The van der Waals surface area contributed by atoms with E-state index in [2.05, 4.69) is 20.2 Å². The monoisotopic (exact) mass is 486 g/mol. The second-order valence-electron chi connectivity index (χ2n) is 8.10. The molecule has 0 bridgehead atoms. The number of ether oxygens (including phenoxy) is 3. The van der Waals surface area contributed by atoms with Gasteiger partial charge in [-0.05, 0) is 24.1 Å². The second-order valence-corrected chi connectivity index (χ2v) is 8.10. The van der Waals surface area contributed by atoms with Gasteiger partial charge in [0.05, 0.1) is 43.8 Å². The van der Waals surface area contributed by atoms with Gasteiger partial charge in [0.2, 0.25) is 5.91 Å². The molecule has 2 aliphatic rings. The van der Waals surface area contributed by atoms with Gasteiger partial charge >= 0.3 is 0 Å². The Balaban J connectivity index is 0.00000274. The highest BCUT2D eigenvalue weighted by Gasteiger charge is 2.36. The summed E-state index contributed by atoms with van der Waals surface area (Å²) < 4.78 is 17.0. The zero-order chi connectivity index (χ0) is 22.8. The van der Waals surface area contributed by atoms with Gasteiger partial charge in [0.1, 0.15) is 18.0 Å². The van der Waals surface area contributed by atoms with E-state index in [-0.39, 0.29) is 24.1 Å². The molecule has 2 aliphatic heterocycles. The van der Waals surface area contributed by atoms with Crippen LogP contribution in [0.5, 0.6) is 17.2 Å². The number of hydrogen-bond donors (Lipinski definition) is 2. The Morgan fingerprint density at radius 1 is 1.21 bits per heavy atom. The van der Waals surface area contributed by atoms with E-state index in [0.29, 0.717) is 46.0 Å². The number of morpholine rings is 1. The number of hydrogen-bond acceptors (Lipinski definition) is 8. The Bertz CT molecular complexity index is 1190. The van der Waals surface area contributed by atoms with Crippen molar-refractivity contribution >= 4 is 34.9 Å². The molecule has 2 N–H and O–H groups in total. The molecule has 0 spiro atoms. The van der Waals surface area contributed by atoms with Crippen molar-refractivity contribution in [2.45, 2.75) is 12.3 Å². The largest absolute Gasteiger partial charge is 0.506 e. The van der Waals surface area contributed by atoms with Crippen LogP contribution in [0.3, 0.4) is 0 Å². The lowest BCUT2D eigenvalue weighted by Crippen LogP contribution is -2.37. The van der Waals surface area contributed by atoms with Crippen LogP contribution in [0.4, 0.5) is 5.69 Å². The Kier molecular flexibility index (Phi) is 7.35. The quantitative estimate of drug-likeness (QED) is 0.388. The van der Waals surface area contributed by atoms with Gasteiger partial charge in [0.15, 0.2) is 11.5 Å². The summed E-state index contributed by atoms with van der Waals surface area (Å²) in [5.41, 5.74) is 2.32. The van der Waals surface area contributed by atoms with Gasteiger partial charge in [-0.25, -0.2) is 9.97 Å².